The molecule has 1 aliphatic rings. The molecular formula is C19H19FN2O2. The maximum atomic E-state index is 13.4. The number of benzene rings is 2. The van der Waals surface area contributed by atoms with Crippen LogP contribution in [0.25, 0.3) is 0 Å². The third-order valence-corrected chi connectivity index (χ3v) is 4.26. The summed E-state index contributed by atoms with van der Waals surface area (Å²) in [7, 11) is 0. The first-order chi connectivity index (χ1) is 11.5. The van der Waals surface area contributed by atoms with Gasteiger partial charge >= 0.3 is 0 Å². The van der Waals surface area contributed by atoms with Crippen LogP contribution in [0, 0.1) is 12.7 Å². The van der Waals surface area contributed by atoms with E-state index in [1.54, 1.807) is 17.9 Å². The molecule has 24 heavy (non-hydrogen) atoms. The van der Waals surface area contributed by atoms with Crippen LogP contribution in [0.15, 0.2) is 42.5 Å². The molecule has 1 atom stereocenters. The Morgan fingerprint density at radius 3 is 2.67 bits per heavy atom. The summed E-state index contributed by atoms with van der Waals surface area (Å²) in [5.41, 5.74) is 2.94. The number of carbonyl (C=O) groups is 2. The van der Waals surface area contributed by atoms with Crippen molar-refractivity contribution in [3.05, 3.63) is 70.5 Å². The summed E-state index contributed by atoms with van der Waals surface area (Å²) in [5.74, 6) is -0.628. The molecule has 4 nitrogen and oxygen atoms in total. The molecule has 0 radical (unpaired) electrons. The predicted octanol–water partition coefficient (Wildman–Crippen LogP) is 2.97. The van der Waals surface area contributed by atoms with Crippen LogP contribution in [-0.2, 0) is 11.3 Å². The van der Waals surface area contributed by atoms with Gasteiger partial charge < -0.3 is 10.2 Å². The first-order valence-corrected chi connectivity index (χ1v) is 7.86. The summed E-state index contributed by atoms with van der Waals surface area (Å²) in [6.07, 6.45) is 0. The van der Waals surface area contributed by atoms with Gasteiger partial charge in [0.1, 0.15) is 5.82 Å². The van der Waals surface area contributed by atoms with Crippen LogP contribution in [0.2, 0.25) is 0 Å². The van der Waals surface area contributed by atoms with E-state index in [2.05, 4.69) is 5.32 Å². The molecule has 1 aliphatic heterocycles. The predicted molar refractivity (Wildman–Crippen MR) is 88.9 cm³/mol. The minimum Gasteiger partial charge on any atom is -0.348 e. The van der Waals surface area contributed by atoms with Crippen molar-refractivity contribution in [2.75, 3.05) is 6.54 Å². The van der Waals surface area contributed by atoms with Gasteiger partial charge in [0, 0.05) is 25.6 Å². The summed E-state index contributed by atoms with van der Waals surface area (Å²) in [5, 5.41) is 2.90. The third-order valence-electron chi connectivity index (χ3n) is 4.26. The largest absolute Gasteiger partial charge is 0.348 e. The molecule has 124 valence electrons. The van der Waals surface area contributed by atoms with Crippen molar-refractivity contribution in [3.63, 3.8) is 0 Å². The van der Waals surface area contributed by atoms with E-state index in [-0.39, 0.29) is 23.7 Å². The minimum atomic E-state index is -0.327. The van der Waals surface area contributed by atoms with E-state index in [9.17, 15) is 14.0 Å². The number of halogens is 1. The zero-order valence-electron chi connectivity index (χ0n) is 13.7. The molecule has 0 fully saturated rings. The Hall–Kier alpha value is -2.69. The van der Waals surface area contributed by atoms with Crippen LogP contribution in [0.3, 0.4) is 0 Å². The van der Waals surface area contributed by atoms with Gasteiger partial charge in [-0.15, -0.1) is 0 Å². The highest BCUT2D eigenvalue weighted by Crippen LogP contribution is 2.27. The SMILES string of the molecule is CC(=O)NC1CN(C(=O)c2ccc(F)c(C)c2)Cc2ccccc21. The van der Waals surface area contributed by atoms with E-state index < -0.39 is 0 Å². The summed E-state index contributed by atoms with van der Waals surface area (Å²) < 4.78 is 13.4. The monoisotopic (exact) mass is 326 g/mol. The number of hydrogen-bond donors (Lipinski definition) is 1. The molecule has 1 unspecified atom stereocenters. The van der Waals surface area contributed by atoms with Gasteiger partial charge in [-0.25, -0.2) is 4.39 Å². The lowest BCUT2D eigenvalue weighted by Crippen LogP contribution is -2.43. The highest BCUT2D eigenvalue weighted by atomic mass is 19.1. The summed E-state index contributed by atoms with van der Waals surface area (Å²) >= 11 is 0. The lowest BCUT2D eigenvalue weighted by molar-refractivity contribution is -0.119. The lowest BCUT2D eigenvalue weighted by Gasteiger charge is -2.35. The first kappa shape index (κ1) is 16.2. The zero-order valence-corrected chi connectivity index (χ0v) is 13.7. The maximum absolute atomic E-state index is 13.4. The maximum Gasteiger partial charge on any atom is 0.254 e. The van der Waals surface area contributed by atoms with Crippen molar-refractivity contribution < 1.29 is 14.0 Å². The molecule has 1 N–H and O–H groups in total. The Bertz CT molecular complexity index is 804. The molecule has 0 bridgehead atoms. The van der Waals surface area contributed by atoms with Crippen LogP contribution in [0.4, 0.5) is 4.39 Å². The van der Waals surface area contributed by atoms with Gasteiger partial charge in [0.15, 0.2) is 0 Å². The second kappa shape index (κ2) is 6.43. The second-order valence-electron chi connectivity index (χ2n) is 6.10. The Morgan fingerprint density at radius 2 is 1.96 bits per heavy atom. The van der Waals surface area contributed by atoms with Crippen LogP contribution in [-0.4, -0.2) is 23.3 Å². The lowest BCUT2D eigenvalue weighted by atomic mass is 9.94. The van der Waals surface area contributed by atoms with E-state index >= 15 is 0 Å². The standard InChI is InChI=1S/C19H19FN2O2/c1-12-9-14(7-8-17(12)20)19(24)22-10-15-5-3-4-6-16(15)18(11-22)21-13(2)23/h3-9,18H,10-11H2,1-2H3,(H,21,23). The Balaban J connectivity index is 1.90. The van der Waals surface area contributed by atoms with Crippen LogP contribution in [0.1, 0.15) is 40.0 Å². The minimum absolute atomic E-state index is 0.137. The molecule has 2 aromatic rings. The fourth-order valence-corrected chi connectivity index (χ4v) is 3.09. The molecule has 0 aliphatic carbocycles. The number of carbonyl (C=O) groups excluding carboxylic acids is 2. The van der Waals surface area contributed by atoms with Crippen molar-refractivity contribution in [2.24, 2.45) is 0 Å². The summed E-state index contributed by atoms with van der Waals surface area (Å²) in [4.78, 5) is 26.0. The van der Waals surface area contributed by atoms with Gasteiger partial charge in [-0.1, -0.05) is 24.3 Å². The van der Waals surface area contributed by atoms with Crippen molar-refractivity contribution >= 4 is 11.8 Å². The average molecular weight is 326 g/mol. The Morgan fingerprint density at radius 1 is 1.21 bits per heavy atom. The number of hydrogen-bond acceptors (Lipinski definition) is 2. The molecule has 2 amide bonds. The highest BCUT2D eigenvalue weighted by molar-refractivity contribution is 5.94. The highest BCUT2D eigenvalue weighted by Gasteiger charge is 2.29. The smallest absolute Gasteiger partial charge is 0.254 e. The molecule has 0 spiro atoms. The average Bonchev–Trinajstić information content (AvgIpc) is 2.56. The number of nitrogens with zero attached hydrogens (tertiary/aromatic N) is 1. The van der Waals surface area contributed by atoms with Crippen molar-refractivity contribution in [3.8, 4) is 0 Å². The molecule has 1 heterocycles. The normalized spacial score (nSPS) is 16.5. The summed E-state index contributed by atoms with van der Waals surface area (Å²) in [6, 6.07) is 11.9. The van der Waals surface area contributed by atoms with E-state index in [0.29, 0.717) is 24.2 Å². The van der Waals surface area contributed by atoms with Gasteiger partial charge in [-0.05, 0) is 41.8 Å². The molecular weight excluding hydrogens is 307 g/mol. The van der Waals surface area contributed by atoms with E-state index in [0.717, 1.165) is 11.1 Å². The summed E-state index contributed by atoms with van der Waals surface area (Å²) in [6.45, 7) is 3.97. The Labute approximate surface area is 140 Å². The zero-order chi connectivity index (χ0) is 17.3. The van der Waals surface area contributed by atoms with E-state index in [1.807, 2.05) is 24.3 Å². The second-order valence-corrected chi connectivity index (χ2v) is 6.10. The van der Waals surface area contributed by atoms with Crippen molar-refractivity contribution in [1.29, 1.82) is 0 Å². The fourth-order valence-electron chi connectivity index (χ4n) is 3.09. The molecule has 2 aromatic carbocycles. The van der Waals surface area contributed by atoms with Crippen LogP contribution in [0.5, 0.6) is 0 Å². The van der Waals surface area contributed by atoms with Crippen LogP contribution >= 0.6 is 0 Å². The number of rotatable bonds is 2. The topological polar surface area (TPSA) is 49.4 Å². The van der Waals surface area contributed by atoms with Gasteiger partial charge in [-0.2, -0.15) is 0 Å². The number of aryl methyl sites for hydroxylation is 1. The van der Waals surface area contributed by atoms with Gasteiger partial charge in [0.05, 0.1) is 6.04 Å². The quantitative estimate of drug-likeness (QED) is 0.922. The fraction of sp³-hybridized carbons (Fsp3) is 0.263. The van der Waals surface area contributed by atoms with Crippen molar-refractivity contribution in [2.45, 2.75) is 26.4 Å². The number of nitrogens with one attached hydrogen (secondary N) is 1. The molecule has 0 saturated heterocycles. The Kier molecular flexibility index (Phi) is 4.34. The van der Waals surface area contributed by atoms with Gasteiger partial charge in [0.2, 0.25) is 5.91 Å². The number of fused-ring (bicyclic) bond motifs is 1. The molecule has 3 rings (SSSR count). The van der Waals surface area contributed by atoms with E-state index in [1.165, 1.54) is 19.1 Å². The first-order valence-electron chi connectivity index (χ1n) is 7.86. The van der Waals surface area contributed by atoms with Gasteiger partial charge in [0.25, 0.3) is 5.91 Å². The third kappa shape index (κ3) is 3.15. The van der Waals surface area contributed by atoms with Gasteiger partial charge in [-0.3, -0.25) is 9.59 Å². The molecule has 5 heteroatoms. The van der Waals surface area contributed by atoms with Crippen molar-refractivity contribution in [1.82, 2.24) is 10.2 Å². The molecule has 0 saturated carbocycles. The van der Waals surface area contributed by atoms with Crippen LogP contribution < -0.4 is 5.32 Å². The molecule has 0 aromatic heterocycles. The number of amides is 2. The van der Waals surface area contributed by atoms with E-state index in [4.69, 9.17) is 0 Å².